The standard InChI is InChI=1S/C30H32N2O8S/c1-7-8-13-39-21-11-9-19(14-23(21)36-4)15-25-28(34)32-27(26(29(35)38-6)17(2)31-30(32)41-25)20-10-12-22(40-18(3)33)24(16-20)37-5/h9-12,14-16,27H,7-8,13H2,1-6H3/b25-15+. The fourth-order valence-corrected chi connectivity index (χ4v) is 5.52. The molecule has 1 aliphatic heterocycles. The van der Waals surface area contributed by atoms with Crippen molar-refractivity contribution in [3.8, 4) is 23.0 Å². The van der Waals surface area contributed by atoms with Crippen LogP contribution in [0, 0.1) is 0 Å². The van der Waals surface area contributed by atoms with Crippen molar-refractivity contribution in [3.63, 3.8) is 0 Å². The second-order valence-electron chi connectivity index (χ2n) is 9.19. The molecule has 0 saturated heterocycles. The molecule has 4 rings (SSSR count). The Labute approximate surface area is 241 Å². The number of carbonyl (C=O) groups excluding carboxylic acids is 2. The molecule has 0 bridgehead atoms. The normalized spacial score (nSPS) is 14.7. The Morgan fingerprint density at radius 2 is 1.73 bits per heavy atom. The van der Waals surface area contributed by atoms with Crippen LogP contribution < -0.4 is 33.8 Å². The van der Waals surface area contributed by atoms with Crippen LogP contribution >= 0.6 is 11.3 Å². The number of hydrogen-bond acceptors (Lipinski definition) is 10. The Kier molecular flexibility index (Phi) is 9.28. The van der Waals surface area contributed by atoms with Gasteiger partial charge < -0.3 is 23.7 Å². The molecule has 11 heteroatoms. The van der Waals surface area contributed by atoms with Crippen LogP contribution in [0.4, 0.5) is 0 Å². The lowest BCUT2D eigenvalue weighted by atomic mass is 9.95. The number of rotatable bonds is 10. The first kappa shape index (κ1) is 29.6. The minimum absolute atomic E-state index is 0.212. The summed E-state index contributed by atoms with van der Waals surface area (Å²) in [5, 5.41) is 0. The van der Waals surface area contributed by atoms with Crippen LogP contribution in [-0.4, -0.2) is 44.4 Å². The molecular formula is C30H32N2O8S. The van der Waals surface area contributed by atoms with Crippen molar-refractivity contribution in [2.24, 2.45) is 4.99 Å². The quantitative estimate of drug-likeness (QED) is 0.203. The maximum Gasteiger partial charge on any atom is 0.338 e. The van der Waals surface area contributed by atoms with E-state index in [0.29, 0.717) is 38.7 Å². The van der Waals surface area contributed by atoms with Crippen LogP contribution in [0.1, 0.15) is 50.8 Å². The van der Waals surface area contributed by atoms with Gasteiger partial charge in [0.2, 0.25) is 0 Å². The summed E-state index contributed by atoms with van der Waals surface area (Å²) in [7, 11) is 4.28. The Bertz CT molecular complexity index is 1690. The molecule has 216 valence electrons. The van der Waals surface area contributed by atoms with Gasteiger partial charge in [-0.25, -0.2) is 9.79 Å². The van der Waals surface area contributed by atoms with Crippen molar-refractivity contribution in [1.82, 2.24) is 4.57 Å². The number of ether oxygens (including phenoxy) is 5. The molecule has 2 heterocycles. The highest BCUT2D eigenvalue weighted by Crippen LogP contribution is 2.36. The minimum Gasteiger partial charge on any atom is -0.493 e. The monoisotopic (exact) mass is 580 g/mol. The number of unbranched alkanes of at least 4 members (excludes halogenated alkanes) is 1. The lowest BCUT2D eigenvalue weighted by Crippen LogP contribution is -2.39. The van der Waals surface area contributed by atoms with Gasteiger partial charge in [-0.05, 0) is 54.8 Å². The zero-order valence-electron chi connectivity index (χ0n) is 23.8. The number of benzene rings is 2. The van der Waals surface area contributed by atoms with Crippen LogP contribution in [0.3, 0.4) is 0 Å². The Balaban J connectivity index is 1.86. The molecule has 41 heavy (non-hydrogen) atoms. The minimum atomic E-state index is -0.856. The highest BCUT2D eigenvalue weighted by molar-refractivity contribution is 7.07. The molecule has 0 aliphatic carbocycles. The van der Waals surface area contributed by atoms with E-state index in [9.17, 15) is 14.4 Å². The summed E-state index contributed by atoms with van der Waals surface area (Å²) >= 11 is 1.21. The molecule has 1 aliphatic rings. The average molecular weight is 581 g/mol. The van der Waals surface area contributed by atoms with E-state index >= 15 is 0 Å². The molecule has 0 fully saturated rings. The van der Waals surface area contributed by atoms with Crippen LogP contribution in [0.15, 0.2) is 57.5 Å². The second-order valence-corrected chi connectivity index (χ2v) is 10.2. The van der Waals surface area contributed by atoms with E-state index in [0.717, 1.165) is 18.4 Å². The smallest absolute Gasteiger partial charge is 0.338 e. The largest absolute Gasteiger partial charge is 0.493 e. The summed E-state index contributed by atoms with van der Waals surface area (Å²) in [6.07, 6.45) is 3.70. The van der Waals surface area contributed by atoms with Gasteiger partial charge in [-0.2, -0.15) is 0 Å². The number of fused-ring (bicyclic) bond motifs is 1. The number of thiazole rings is 1. The van der Waals surface area contributed by atoms with Gasteiger partial charge >= 0.3 is 11.9 Å². The van der Waals surface area contributed by atoms with E-state index < -0.39 is 18.0 Å². The van der Waals surface area contributed by atoms with Crippen molar-refractivity contribution in [2.75, 3.05) is 27.9 Å². The summed E-state index contributed by atoms with van der Waals surface area (Å²) in [6.45, 7) is 5.66. The predicted molar refractivity (Wildman–Crippen MR) is 153 cm³/mol. The Hall–Kier alpha value is -4.38. The molecular weight excluding hydrogens is 548 g/mol. The van der Waals surface area contributed by atoms with Gasteiger partial charge in [0, 0.05) is 6.92 Å². The van der Waals surface area contributed by atoms with Crippen LogP contribution in [0.2, 0.25) is 0 Å². The number of allylic oxidation sites excluding steroid dienone is 1. The Morgan fingerprint density at radius 1 is 1.02 bits per heavy atom. The summed E-state index contributed by atoms with van der Waals surface area (Å²) in [6, 6.07) is 9.48. The molecule has 2 aromatic carbocycles. The zero-order chi connectivity index (χ0) is 29.7. The summed E-state index contributed by atoms with van der Waals surface area (Å²) in [4.78, 5) is 43.4. The number of carbonyl (C=O) groups is 2. The topological polar surface area (TPSA) is 115 Å². The summed E-state index contributed by atoms with van der Waals surface area (Å²) < 4.78 is 29.0. The second kappa shape index (κ2) is 12.9. The van der Waals surface area contributed by atoms with E-state index in [4.69, 9.17) is 23.7 Å². The van der Waals surface area contributed by atoms with Crippen molar-refractivity contribution in [3.05, 3.63) is 78.5 Å². The van der Waals surface area contributed by atoms with Gasteiger partial charge in [0.15, 0.2) is 27.8 Å². The number of aromatic nitrogens is 1. The molecule has 0 amide bonds. The number of nitrogens with zero attached hydrogens (tertiary/aromatic N) is 2. The van der Waals surface area contributed by atoms with Gasteiger partial charge in [0.1, 0.15) is 0 Å². The lowest BCUT2D eigenvalue weighted by Gasteiger charge is -2.25. The summed E-state index contributed by atoms with van der Waals surface area (Å²) in [5.41, 5.74) is 1.59. The molecule has 10 nitrogen and oxygen atoms in total. The first-order valence-electron chi connectivity index (χ1n) is 13.0. The van der Waals surface area contributed by atoms with E-state index in [1.165, 1.54) is 37.0 Å². The molecule has 1 unspecified atom stereocenters. The number of esters is 2. The van der Waals surface area contributed by atoms with E-state index in [2.05, 4.69) is 11.9 Å². The van der Waals surface area contributed by atoms with Gasteiger partial charge in [0.25, 0.3) is 5.56 Å². The van der Waals surface area contributed by atoms with Crippen molar-refractivity contribution >= 4 is 29.4 Å². The van der Waals surface area contributed by atoms with Gasteiger partial charge in [-0.15, -0.1) is 0 Å². The first-order chi connectivity index (χ1) is 19.7. The predicted octanol–water partition coefficient (Wildman–Crippen LogP) is 3.53. The van der Waals surface area contributed by atoms with Gasteiger partial charge in [-0.1, -0.05) is 36.8 Å². The Morgan fingerprint density at radius 3 is 2.39 bits per heavy atom. The number of hydrogen-bond donors (Lipinski definition) is 0. The highest BCUT2D eigenvalue weighted by atomic mass is 32.1. The molecule has 1 atom stereocenters. The van der Waals surface area contributed by atoms with Gasteiger partial charge in [0.05, 0.1) is 49.8 Å². The first-order valence-corrected chi connectivity index (χ1v) is 13.8. The van der Waals surface area contributed by atoms with Crippen LogP contribution in [0.25, 0.3) is 6.08 Å². The third kappa shape index (κ3) is 6.19. The molecule has 0 radical (unpaired) electrons. The fourth-order valence-electron chi connectivity index (χ4n) is 4.47. The summed E-state index contributed by atoms with van der Waals surface area (Å²) in [5.74, 6) is 0.553. The fraction of sp³-hybridized carbons (Fsp3) is 0.333. The van der Waals surface area contributed by atoms with Crippen molar-refractivity contribution < 1.29 is 33.3 Å². The third-order valence-corrected chi connectivity index (χ3v) is 7.41. The molecule has 0 saturated carbocycles. The molecule has 0 N–H and O–H groups in total. The average Bonchev–Trinajstić information content (AvgIpc) is 3.26. The molecule has 1 aromatic heterocycles. The molecule has 0 spiro atoms. The zero-order valence-corrected chi connectivity index (χ0v) is 24.6. The van der Waals surface area contributed by atoms with E-state index in [-0.39, 0.29) is 22.6 Å². The SMILES string of the molecule is CCCCOc1ccc(/C=c2/sc3n(c2=O)C(c2ccc(OC(C)=O)c(OC)c2)C(C(=O)OC)=C(C)N=3)cc1OC. The van der Waals surface area contributed by atoms with Crippen molar-refractivity contribution in [2.45, 2.75) is 39.7 Å². The maximum absolute atomic E-state index is 13.9. The van der Waals surface area contributed by atoms with Gasteiger partial charge in [-0.3, -0.25) is 14.2 Å². The third-order valence-electron chi connectivity index (χ3n) is 6.43. The van der Waals surface area contributed by atoms with E-state index in [1.54, 1.807) is 44.4 Å². The maximum atomic E-state index is 13.9. The van der Waals surface area contributed by atoms with Crippen LogP contribution in [0.5, 0.6) is 23.0 Å². The highest BCUT2D eigenvalue weighted by Gasteiger charge is 2.33. The molecule has 3 aromatic rings. The lowest BCUT2D eigenvalue weighted by molar-refractivity contribution is -0.136. The van der Waals surface area contributed by atoms with Crippen LogP contribution in [-0.2, 0) is 14.3 Å². The number of methoxy groups -OCH3 is 3. The van der Waals surface area contributed by atoms with Crippen molar-refractivity contribution in [1.29, 1.82) is 0 Å². The van der Waals surface area contributed by atoms with E-state index in [1.807, 2.05) is 12.1 Å².